The van der Waals surface area contributed by atoms with Gasteiger partial charge < -0.3 is 20.9 Å². The van der Waals surface area contributed by atoms with Crippen molar-refractivity contribution in [2.24, 2.45) is 5.92 Å². The average Bonchev–Trinajstić information content (AvgIpc) is 2.63. The average molecular weight is 375 g/mol. The van der Waals surface area contributed by atoms with Crippen molar-refractivity contribution in [1.29, 1.82) is 0 Å². The van der Waals surface area contributed by atoms with Crippen molar-refractivity contribution >= 4 is 12.1 Å². The van der Waals surface area contributed by atoms with Gasteiger partial charge in [-0.25, -0.2) is 9.59 Å². The van der Waals surface area contributed by atoms with Crippen molar-refractivity contribution < 1.29 is 9.59 Å². The lowest BCUT2D eigenvalue weighted by Gasteiger charge is -2.34. The second kappa shape index (κ2) is 10.2. The summed E-state index contributed by atoms with van der Waals surface area (Å²) in [7, 11) is 0. The van der Waals surface area contributed by atoms with Crippen LogP contribution >= 0.6 is 0 Å². The first kappa shape index (κ1) is 21.1. The Morgan fingerprint density at radius 2 is 1.74 bits per heavy atom. The number of likely N-dealkylation sites (tertiary alicyclic amines) is 1. The summed E-state index contributed by atoms with van der Waals surface area (Å²) in [5.41, 5.74) is 1.08. The van der Waals surface area contributed by atoms with Crippen LogP contribution < -0.4 is 16.0 Å². The van der Waals surface area contributed by atoms with Gasteiger partial charge in [0.15, 0.2) is 0 Å². The Labute approximate surface area is 163 Å². The maximum atomic E-state index is 12.2. The molecular formula is C21H34N4O2. The first-order chi connectivity index (χ1) is 12.8. The molecule has 0 aliphatic carbocycles. The van der Waals surface area contributed by atoms with Crippen LogP contribution in [0.1, 0.15) is 45.6 Å². The van der Waals surface area contributed by atoms with E-state index in [1.54, 1.807) is 0 Å². The van der Waals surface area contributed by atoms with Crippen LogP contribution in [0, 0.1) is 5.92 Å². The maximum absolute atomic E-state index is 12.2. The molecule has 0 unspecified atom stereocenters. The highest BCUT2D eigenvalue weighted by Gasteiger charge is 2.25. The Kier molecular flexibility index (Phi) is 7.95. The summed E-state index contributed by atoms with van der Waals surface area (Å²) in [4.78, 5) is 26.0. The van der Waals surface area contributed by atoms with E-state index in [9.17, 15) is 9.59 Å². The SMILES string of the molecule is CC(C)(C)NC(=O)N1CCC(CNC(=O)NCCCc2ccccc2)CC1. The minimum absolute atomic E-state index is 0.00469. The Bertz CT molecular complexity index is 590. The monoisotopic (exact) mass is 374 g/mol. The van der Waals surface area contributed by atoms with Gasteiger partial charge in [0, 0.05) is 31.7 Å². The zero-order valence-corrected chi connectivity index (χ0v) is 16.9. The molecule has 2 rings (SSSR count). The molecular weight excluding hydrogens is 340 g/mol. The number of amides is 4. The van der Waals surface area contributed by atoms with E-state index in [1.165, 1.54) is 5.56 Å². The van der Waals surface area contributed by atoms with Crippen molar-refractivity contribution in [3.63, 3.8) is 0 Å². The Hall–Kier alpha value is -2.24. The first-order valence-electron chi connectivity index (χ1n) is 9.96. The number of urea groups is 2. The van der Waals surface area contributed by atoms with Gasteiger partial charge in [0.2, 0.25) is 0 Å². The van der Waals surface area contributed by atoms with Crippen LogP contribution in [-0.2, 0) is 6.42 Å². The van der Waals surface area contributed by atoms with Crippen LogP contribution in [0.3, 0.4) is 0 Å². The second-order valence-electron chi connectivity index (χ2n) is 8.34. The lowest BCUT2D eigenvalue weighted by molar-refractivity contribution is 0.162. The molecule has 0 bridgehead atoms. The predicted octanol–water partition coefficient (Wildman–Crippen LogP) is 3.14. The standard InChI is InChI=1S/C21H34N4O2/c1-21(2,3)24-20(27)25-14-11-18(12-15-25)16-23-19(26)22-13-7-10-17-8-5-4-6-9-17/h4-6,8-9,18H,7,10-16H2,1-3H3,(H,24,27)(H2,22,23,26). The van der Waals surface area contributed by atoms with Gasteiger partial charge in [0.25, 0.3) is 0 Å². The minimum Gasteiger partial charge on any atom is -0.338 e. The van der Waals surface area contributed by atoms with Crippen LogP contribution in [0.2, 0.25) is 0 Å². The molecule has 1 fully saturated rings. The molecule has 0 atom stereocenters. The largest absolute Gasteiger partial charge is 0.338 e. The molecule has 0 saturated carbocycles. The summed E-state index contributed by atoms with van der Waals surface area (Å²) in [6.07, 6.45) is 3.74. The molecule has 0 radical (unpaired) electrons. The van der Waals surface area contributed by atoms with E-state index < -0.39 is 0 Å². The van der Waals surface area contributed by atoms with Crippen molar-refractivity contribution in [1.82, 2.24) is 20.9 Å². The fourth-order valence-electron chi connectivity index (χ4n) is 3.18. The molecule has 1 heterocycles. The van der Waals surface area contributed by atoms with Gasteiger partial charge in [0.05, 0.1) is 0 Å². The number of carbonyl (C=O) groups excluding carboxylic acids is 2. The fraction of sp³-hybridized carbons (Fsp3) is 0.619. The number of nitrogens with one attached hydrogen (secondary N) is 3. The van der Waals surface area contributed by atoms with E-state index in [2.05, 4.69) is 28.1 Å². The number of carbonyl (C=O) groups is 2. The summed E-state index contributed by atoms with van der Waals surface area (Å²) < 4.78 is 0. The highest BCUT2D eigenvalue weighted by molar-refractivity contribution is 5.75. The fourth-order valence-corrected chi connectivity index (χ4v) is 3.18. The summed E-state index contributed by atoms with van der Waals surface area (Å²) in [5, 5.41) is 8.89. The number of hydrogen-bond acceptors (Lipinski definition) is 2. The van der Waals surface area contributed by atoms with Crippen LogP contribution in [0.15, 0.2) is 30.3 Å². The van der Waals surface area contributed by atoms with Gasteiger partial charge in [-0.3, -0.25) is 0 Å². The third-order valence-corrected chi connectivity index (χ3v) is 4.71. The van der Waals surface area contributed by atoms with Gasteiger partial charge in [-0.1, -0.05) is 30.3 Å². The molecule has 0 spiro atoms. The Morgan fingerprint density at radius 3 is 2.37 bits per heavy atom. The first-order valence-corrected chi connectivity index (χ1v) is 9.96. The molecule has 3 N–H and O–H groups in total. The molecule has 1 aromatic rings. The zero-order valence-electron chi connectivity index (χ0n) is 16.9. The van der Waals surface area contributed by atoms with Crippen LogP contribution in [0.5, 0.6) is 0 Å². The van der Waals surface area contributed by atoms with E-state index in [1.807, 2.05) is 43.9 Å². The van der Waals surface area contributed by atoms with Crippen molar-refractivity contribution in [3.05, 3.63) is 35.9 Å². The number of benzene rings is 1. The number of hydrogen-bond donors (Lipinski definition) is 3. The second-order valence-corrected chi connectivity index (χ2v) is 8.34. The molecule has 4 amide bonds. The molecule has 1 saturated heterocycles. The van der Waals surface area contributed by atoms with Gasteiger partial charge in [-0.05, 0) is 57.9 Å². The summed E-state index contributed by atoms with van der Waals surface area (Å²) in [6.45, 7) is 8.78. The highest BCUT2D eigenvalue weighted by atomic mass is 16.2. The predicted molar refractivity (Wildman–Crippen MR) is 109 cm³/mol. The van der Waals surface area contributed by atoms with Gasteiger partial charge in [-0.2, -0.15) is 0 Å². The Morgan fingerprint density at radius 1 is 1.07 bits per heavy atom. The molecule has 1 aliphatic rings. The third-order valence-electron chi connectivity index (χ3n) is 4.71. The molecule has 150 valence electrons. The van der Waals surface area contributed by atoms with Crippen molar-refractivity contribution in [2.45, 2.75) is 52.0 Å². The topological polar surface area (TPSA) is 73.5 Å². The third kappa shape index (κ3) is 8.33. The molecule has 6 nitrogen and oxygen atoms in total. The van der Waals surface area contributed by atoms with Crippen molar-refractivity contribution in [2.75, 3.05) is 26.2 Å². The quantitative estimate of drug-likeness (QED) is 0.669. The normalized spacial score (nSPS) is 15.3. The van der Waals surface area contributed by atoms with E-state index in [0.29, 0.717) is 19.0 Å². The molecule has 0 aromatic heterocycles. The zero-order chi connectivity index (χ0) is 19.7. The van der Waals surface area contributed by atoms with Crippen LogP contribution in [0.4, 0.5) is 9.59 Å². The smallest absolute Gasteiger partial charge is 0.317 e. The van der Waals surface area contributed by atoms with Crippen molar-refractivity contribution in [3.8, 4) is 0 Å². The summed E-state index contributed by atoms with van der Waals surface area (Å²) in [5.74, 6) is 0.429. The molecule has 27 heavy (non-hydrogen) atoms. The lowest BCUT2D eigenvalue weighted by Crippen LogP contribution is -2.51. The van der Waals surface area contributed by atoms with E-state index >= 15 is 0 Å². The van der Waals surface area contributed by atoms with E-state index in [-0.39, 0.29) is 17.6 Å². The number of nitrogens with zero attached hydrogens (tertiary/aromatic N) is 1. The Balaban J connectivity index is 1.55. The van der Waals surface area contributed by atoms with Gasteiger partial charge in [0.1, 0.15) is 0 Å². The van der Waals surface area contributed by atoms with Crippen LogP contribution in [0.25, 0.3) is 0 Å². The molecule has 6 heteroatoms. The number of rotatable bonds is 6. The highest BCUT2D eigenvalue weighted by Crippen LogP contribution is 2.17. The summed E-state index contributed by atoms with van der Waals surface area (Å²) in [6, 6.07) is 10.2. The summed E-state index contributed by atoms with van der Waals surface area (Å²) >= 11 is 0. The lowest BCUT2D eigenvalue weighted by atomic mass is 9.97. The van der Waals surface area contributed by atoms with E-state index in [0.717, 1.165) is 38.8 Å². The minimum atomic E-state index is -0.214. The molecule has 1 aliphatic heterocycles. The number of aryl methyl sites for hydroxylation is 1. The van der Waals surface area contributed by atoms with Gasteiger partial charge >= 0.3 is 12.1 Å². The van der Waals surface area contributed by atoms with Crippen LogP contribution in [-0.4, -0.2) is 48.7 Å². The maximum Gasteiger partial charge on any atom is 0.317 e. The van der Waals surface area contributed by atoms with Gasteiger partial charge in [-0.15, -0.1) is 0 Å². The molecule has 1 aromatic carbocycles. The van der Waals surface area contributed by atoms with E-state index in [4.69, 9.17) is 0 Å². The number of piperidine rings is 1.